The van der Waals surface area contributed by atoms with E-state index in [4.69, 9.17) is 9.57 Å². The fraction of sp³-hybridized carbons (Fsp3) is 0.462. The van der Waals surface area contributed by atoms with Crippen LogP contribution >= 0.6 is 0 Å². The van der Waals surface area contributed by atoms with Crippen molar-refractivity contribution in [2.75, 3.05) is 7.11 Å². The van der Waals surface area contributed by atoms with Gasteiger partial charge in [0.2, 0.25) is 5.71 Å². The van der Waals surface area contributed by atoms with Gasteiger partial charge in [0.05, 0.1) is 5.92 Å². The van der Waals surface area contributed by atoms with E-state index in [0.29, 0.717) is 17.0 Å². The van der Waals surface area contributed by atoms with Crippen LogP contribution in [0.3, 0.4) is 0 Å². The van der Waals surface area contributed by atoms with E-state index in [1.807, 2.05) is 30.3 Å². The molecule has 1 aliphatic heterocycles. The summed E-state index contributed by atoms with van der Waals surface area (Å²) in [5, 5.41) is 11.7. The third-order valence-corrected chi connectivity index (χ3v) is 3.28. The fourth-order valence-corrected chi connectivity index (χ4v) is 2.10. The fourth-order valence-electron chi connectivity index (χ4n) is 2.10. The van der Waals surface area contributed by atoms with Crippen LogP contribution in [0.15, 0.2) is 30.3 Å². The molecular weight excluding hydrogens is 218 g/mol. The number of hydrogen-bond acceptors (Lipinski definition) is 3. The average Bonchev–Trinajstić information content (AvgIpc) is 2.35. The zero-order chi connectivity index (χ0) is 12.5. The van der Waals surface area contributed by atoms with Crippen LogP contribution in [0, 0.1) is 5.21 Å². The summed E-state index contributed by atoms with van der Waals surface area (Å²) in [5.74, 6) is -0.825. The molecular formula is C13H17NO3. The minimum Gasteiger partial charge on any atom is -0.369 e. The first-order chi connectivity index (χ1) is 8.06. The molecule has 0 bridgehead atoms. The number of hydrogen-bond donors (Lipinski definition) is 0. The average molecular weight is 235 g/mol. The highest BCUT2D eigenvalue weighted by molar-refractivity contribution is 5.84. The van der Waals surface area contributed by atoms with E-state index in [1.165, 1.54) is 0 Å². The van der Waals surface area contributed by atoms with Gasteiger partial charge >= 0.3 is 0 Å². The number of ether oxygens (including phenoxy) is 1. The molecule has 2 atom stereocenters. The first-order valence-electron chi connectivity index (χ1n) is 5.66. The van der Waals surface area contributed by atoms with Crippen molar-refractivity contribution in [2.24, 2.45) is 0 Å². The van der Waals surface area contributed by atoms with Gasteiger partial charge in [-0.3, -0.25) is 5.21 Å². The lowest BCUT2D eigenvalue weighted by atomic mass is 9.88. The summed E-state index contributed by atoms with van der Waals surface area (Å²) in [6.45, 7) is 3.57. The first-order valence-corrected chi connectivity index (χ1v) is 5.66. The second-order valence-electron chi connectivity index (χ2n) is 4.50. The van der Waals surface area contributed by atoms with Crippen LogP contribution in [0.5, 0.6) is 0 Å². The Morgan fingerprint density at radius 1 is 1.41 bits per heavy atom. The lowest BCUT2D eigenvalue weighted by Gasteiger charge is -2.37. The molecule has 0 spiro atoms. The molecule has 2 rings (SSSR count). The van der Waals surface area contributed by atoms with E-state index in [1.54, 1.807) is 21.0 Å². The normalized spacial score (nSPS) is 29.0. The zero-order valence-corrected chi connectivity index (χ0v) is 10.3. The largest absolute Gasteiger partial charge is 0.369 e. The van der Waals surface area contributed by atoms with Crippen LogP contribution in [0.1, 0.15) is 31.7 Å². The van der Waals surface area contributed by atoms with Crippen LogP contribution in [0.2, 0.25) is 0 Å². The van der Waals surface area contributed by atoms with E-state index in [0.717, 1.165) is 5.56 Å². The van der Waals surface area contributed by atoms with Gasteiger partial charge in [0.1, 0.15) is 0 Å². The molecule has 1 aromatic rings. The summed E-state index contributed by atoms with van der Waals surface area (Å²) in [6.07, 6.45) is 0.637. The van der Waals surface area contributed by atoms with Crippen LogP contribution in [-0.2, 0) is 9.57 Å². The van der Waals surface area contributed by atoms with Gasteiger partial charge in [-0.1, -0.05) is 30.3 Å². The highest BCUT2D eigenvalue weighted by Gasteiger charge is 2.39. The van der Waals surface area contributed by atoms with Crippen LogP contribution in [-0.4, -0.2) is 23.5 Å². The second kappa shape index (κ2) is 4.37. The summed E-state index contributed by atoms with van der Waals surface area (Å²) in [4.78, 5) is 5.78. The Hall–Kier alpha value is -1.55. The molecule has 0 unspecified atom stereocenters. The lowest BCUT2D eigenvalue weighted by molar-refractivity contribution is -0.787. The van der Waals surface area contributed by atoms with Gasteiger partial charge in [-0.25, -0.2) is 0 Å². The molecule has 0 aliphatic carbocycles. The molecule has 0 saturated heterocycles. The molecule has 0 amide bonds. The maximum Gasteiger partial charge on any atom is 0.226 e. The van der Waals surface area contributed by atoms with Crippen molar-refractivity contribution in [3.05, 3.63) is 41.1 Å². The van der Waals surface area contributed by atoms with Crippen LogP contribution < -0.4 is 0 Å². The maximum atomic E-state index is 11.7. The quantitative estimate of drug-likeness (QED) is 0.739. The first kappa shape index (κ1) is 11.9. The summed E-state index contributed by atoms with van der Waals surface area (Å²) in [6, 6.07) is 9.93. The SMILES string of the molecule is CO[C@@]1(C)C[C@H](c2ccccc2)C(C)=[N+]([O-])O1. The van der Waals surface area contributed by atoms with Crippen LogP contribution in [0.25, 0.3) is 0 Å². The molecule has 0 radical (unpaired) electrons. The number of rotatable bonds is 2. The number of nitrogens with zero attached hydrogens (tertiary/aromatic N) is 1. The number of benzene rings is 1. The minimum absolute atomic E-state index is 0.0346. The predicted octanol–water partition coefficient (Wildman–Crippen LogP) is 2.44. The Morgan fingerprint density at radius 3 is 2.65 bits per heavy atom. The molecule has 0 fully saturated rings. The van der Waals surface area contributed by atoms with Crippen molar-refractivity contribution < 1.29 is 14.5 Å². The van der Waals surface area contributed by atoms with E-state index in [2.05, 4.69) is 0 Å². The summed E-state index contributed by atoms with van der Waals surface area (Å²) in [7, 11) is 1.55. The van der Waals surface area contributed by atoms with Crippen molar-refractivity contribution in [3.8, 4) is 0 Å². The minimum atomic E-state index is -0.859. The summed E-state index contributed by atoms with van der Waals surface area (Å²) in [5.41, 5.74) is 1.77. The molecule has 0 N–H and O–H groups in total. The lowest BCUT2D eigenvalue weighted by Crippen LogP contribution is -2.43. The molecule has 0 aromatic heterocycles. The van der Waals surface area contributed by atoms with Gasteiger partial charge in [0.25, 0.3) is 0 Å². The smallest absolute Gasteiger partial charge is 0.226 e. The highest BCUT2D eigenvalue weighted by Crippen LogP contribution is 2.33. The van der Waals surface area contributed by atoms with Crippen molar-refractivity contribution in [3.63, 3.8) is 0 Å². The van der Waals surface area contributed by atoms with Crippen molar-refractivity contribution in [1.29, 1.82) is 0 Å². The molecule has 1 aliphatic rings. The summed E-state index contributed by atoms with van der Waals surface area (Å²) >= 11 is 0. The standard InChI is InChI=1S/C13H17NO3/c1-10-12(11-7-5-4-6-8-11)9-13(2,16-3)17-14(10)15/h4-8,12H,9H2,1-3H3/t12-,13+/m0/s1. The maximum absolute atomic E-state index is 11.7. The molecule has 4 nitrogen and oxygen atoms in total. The van der Waals surface area contributed by atoms with E-state index in [-0.39, 0.29) is 5.92 Å². The third kappa shape index (κ3) is 2.26. The van der Waals surface area contributed by atoms with Gasteiger partial charge in [-0.15, -0.1) is 0 Å². The van der Waals surface area contributed by atoms with E-state index < -0.39 is 5.79 Å². The van der Waals surface area contributed by atoms with Gasteiger partial charge in [-0.05, 0) is 12.5 Å². The molecule has 4 heteroatoms. The second-order valence-corrected chi connectivity index (χ2v) is 4.50. The van der Waals surface area contributed by atoms with Gasteiger partial charge in [0, 0.05) is 25.4 Å². The van der Waals surface area contributed by atoms with E-state index >= 15 is 0 Å². The molecule has 1 aromatic carbocycles. The Morgan fingerprint density at radius 2 is 2.06 bits per heavy atom. The van der Waals surface area contributed by atoms with Crippen molar-refractivity contribution >= 4 is 5.71 Å². The molecule has 1 heterocycles. The third-order valence-electron chi connectivity index (χ3n) is 3.28. The molecule has 17 heavy (non-hydrogen) atoms. The Labute approximate surface area is 101 Å². The monoisotopic (exact) mass is 235 g/mol. The number of methoxy groups -OCH3 is 1. The zero-order valence-electron chi connectivity index (χ0n) is 10.3. The van der Waals surface area contributed by atoms with Gasteiger partial charge in [-0.2, -0.15) is 0 Å². The molecule has 0 saturated carbocycles. The van der Waals surface area contributed by atoms with Gasteiger partial charge < -0.3 is 9.57 Å². The van der Waals surface area contributed by atoms with Crippen LogP contribution in [0.4, 0.5) is 0 Å². The Balaban J connectivity index is 2.37. The predicted molar refractivity (Wildman–Crippen MR) is 64.6 cm³/mol. The highest BCUT2D eigenvalue weighted by atomic mass is 16.9. The summed E-state index contributed by atoms with van der Waals surface area (Å²) < 4.78 is 5.27. The van der Waals surface area contributed by atoms with E-state index in [9.17, 15) is 5.21 Å². The van der Waals surface area contributed by atoms with Crippen molar-refractivity contribution in [1.82, 2.24) is 0 Å². The van der Waals surface area contributed by atoms with Gasteiger partial charge in [0.15, 0.2) is 5.79 Å². The topological polar surface area (TPSA) is 44.5 Å². The molecule has 92 valence electrons. The Kier molecular flexibility index (Phi) is 3.07. The Bertz CT molecular complexity index is 430. The van der Waals surface area contributed by atoms with Crippen molar-refractivity contribution in [2.45, 2.75) is 32.0 Å².